The number of carbonyl (C=O) groups is 3. The van der Waals surface area contributed by atoms with Gasteiger partial charge in [0.1, 0.15) is 11.5 Å². The van der Waals surface area contributed by atoms with Crippen molar-refractivity contribution in [2.45, 2.75) is 33.6 Å². The Kier molecular flexibility index (Phi) is 10.4. The van der Waals surface area contributed by atoms with Crippen molar-refractivity contribution in [3.8, 4) is 11.5 Å². The first-order valence-corrected chi connectivity index (χ1v) is 12.3. The Morgan fingerprint density at radius 3 is 2.39 bits per heavy atom. The molecule has 198 valence electrons. The Morgan fingerprint density at radius 1 is 0.868 bits per heavy atom. The van der Waals surface area contributed by atoms with Crippen LogP contribution in [0.1, 0.15) is 36.5 Å². The molecule has 3 aromatic carbocycles. The van der Waals surface area contributed by atoms with E-state index in [1.807, 2.05) is 32.0 Å². The first-order valence-electron chi connectivity index (χ1n) is 12.3. The predicted molar refractivity (Wildman–Crippen MR) is 148 cm³/mol. The molecule has 0 heterocycles. The van der Waals surface area contributed by atoms with Crippen LogP contribution in [0.25, 0.3) is 0 Å². The third-order valence-electron chi connectivity index (χ3n) is 5.61. The van der Waals surface area contributed by atoms with Gasteiger partial charge in [-0.15, -0.1) is 0 Å². The van der Waals surface area contributed by atoms with Crippen LogP contribution < -0.4 is 25.5 Å². The molecular weight excluding hydrogens is 484 g/mol. The predicted octanol–water partition coefficient (Wildman–Crippen LogP) is 4.59. The summed E-state index contributed by atoms with van der Waals surface area (Å²) in [6, 6.07) is 19.3. The number of carbonyl (C=O) groups excluding carboxylic acids is 3. The Labute approximate surface area is 222 Å². The number of benzene rings is 3. The SMILES string of the molecule is CCCCOc1ccc(NC(=O)C(=O)N/N=C\c2ccccc2OCC(=O)Nc2cccc(C)c2C)cc1. The highest BCUT2D eigenvalue weighted by Gasteiger charge is 2.13. The minimum atomic E-state index is -0.934. The van der Waals surface area contributed by atoms with Gasteiger partial charge in [-0.1, -0.05) is 37.6 Å². The topological polar surface area (TPSA) is 118 Å². The molecule has 9 nitrogen and oxygen atoms in total. The zero-order valence-electron chi connectivity index (χ0n) is 21.7. The molecule has 0 aromatic heterocycles. The number of hydrazone groups is 1. The van der Waals surface area contributed by atoms with Gasteiger partial charge in [-0.25, -0.2) is 5.43 Å². The monoisotopic (exact) mass is 516 g/mol. The minimum absolute atomic E-state index is 0.213. The van der Waals surface area contributed by atoms with E-state index in [1.165, 1.54) is 6.21 Å². The van der Waals surface area contributed by atoms with Gasteiger partial charge in [0, 0.05) is 16.9 Å². The fourth-order valence-corrected chi connectivity index (χ4v) is 3.30. The standard InChI is InChI=1S/C29H32N4O5/c1-4-5-17-37-24-15-13-23(14-16-24)31-28(35)29(36)33-30-18-22-10-6-7-12-26(22)38-19-27(34)32-25-11-8-9-20(2)21(25)3/h6-16,18H,4-5,17,19H2,1-3H3,(H,31,35)(H,32,34)(H,33,36)/b30-18-. The summed E-state index contributed by atoms with van der Waals surface area (Å²) in [7, 11) is 0. The summed E-state index contributed by atoms with van der Waals surface area (Å²) in [6.45, 7) is 6.40. The van der Waals surface area contributed by atoms with Crippen molar-refractivity contribution in [3.05, 3.63) is 83.4 Å². The highest BCUT2D eigenvalue weighted by Crippen LogP contribution is 2.19. The lowest BCUT2D eigenvalue weighted by atomic mass is 10.1. The molecule has 0 aliphatic heterocycles. The van der Waals surface area contributed by atoms with E-state index < -0.39 is 11.8 Å². The van der Waals surface area contributed by atoms with Crippen LogP contribution in [0.3, 0.4) is 0 Å². The van der Waals surface area contributed by atoms with E-state index in [9.17, 15) is 14.4 Å². The largest absolute Gasteiger partial charge is 0.494 e. The van der Waals surface area contributed by atoms with Crippen LogP contribution in [0.5, 0.6) is 11.5 Å². The zero-order valence-corrected chi connectivity index (χ0v) is 21.7. The summed E-state index contributed by atoms with van der Waals surface area (Å²) in [4.78, 5) is 36.7. The molecule has 0 aliphatic rings. The first-order chi connectivity index (χ1) is 18.4. The third kappa shape index (κ3) is 8.48. The van der Waals surface area contributed by atoms with Gasteiger partial charge in [-0.3, -0.25) is 14.4 Å². The van der Waals surface area contributed by atoms with E-state index in [-0.39, 0.29) is 12.5 Å². The van der Waals surface area contributed by atoms with Crippen LogP contribution in [0, 0.1) is 13.8 Å². The quantitative estimate of drug-likeness (QED) is 0.149. The normalized spacial score (nSPS) is 10.6. The fourth-order valence-electron chi connectivity index (χ4n) is 3.30. The van der Waals surface area contributed by atoms with Crippen LogP contribution in [-0.2, 0) is 14.4 Å². The maximum absolute atomic E-state index is 12.4. The number of anilines is 2. The first kappa shape index (κ1) is 27.9. The van der Waals surface area contributed by atoms with Gasteiger partial charge in [0.05, 0.1) is 12.8 Å². The summed E-state index contributed by atoms with van der Waals surface area (Å²) >= 11 is 0. The number of nitrogens with one attached hydrogen (secondary N) is 3. The molecule has 0 saturated carbocycles. The Morgan fingerprint density at radius 2 is 1.63 bits per heavy atom. The third-order valence-corrected chi connectivity index (χ3v) is 5.61. The van der Waals surface area contributed by atoms with Crippen LogP contribution >= 0.6 is 0 Å². The minimum Gasteiger partial charge on any atom is -0.494 e. The number of para-hydroxylation sites is 1. The summed E-state index contributed by atoms with van der Waals surface area (Å²) in [6.07, 6.45) is 3.33. The smallest absolute Gasteiger partial charge is 0.329 e. The van der Waals surface area contributed by atoms with Gasteiger partial charge in [-0.05, 0) is 73.9 Å². The molecule has 0 fully saturated rings. The van der Waals surface area contributed by atoms with Crippen molar-refractivity contribution in [2.75, 3.05) is 23.8 Å². The maximum atomic E-state index is 12.4. The molecule has 3 aromatic rings. The second-order valence-corrected chi connectivity index (χ2v) is 8.50. The molecule has 3 amide bonds. The summed E-state index contributed by atoms with van der Waals surface area (Å²) in [5.41, 5.74) is 5.96. The molecular formula is C29H32N4O5. The van der Waals surface area contributed by atoms with E-state index >= 15 is 0 Å². The van der Waals surface area contributed by atoms with Crippen molar-refractivity contribution in [1.82, 2.24) is 5.43 Å². The molecule has 9 heteroatoms. The number of rotatable bonds is 11. The van der Waals surface area contributed by atoms with E-state index in [4.69, 9.17) is 9.47 Å². The molecule has 38 heavy (non-hydrogen) atoms. The Hall–Kier alpha value is -4.66. The maximum Gasteiger partial charge on any atom is 0.329 e. The van der Waals surface area contributed by atoms with Crippen molar-refractivity contribution in [2.24, 2.45) is 5.10 Å². The van der Waals surface area contributed by atoms with Gasteiger partial charge in [0.15, 0.2) is 6.61 Å². The number of ether oxygens (including phenoxy) is 2. The van der Waals surface area contributed by atoms with Crippen LogP contribution in [0.15, 0.2) is 71.8 Å². The van der Waals surface area contributed by atoms with Crippen LogP contribution in [0.2, 0.25) is 0 Å². The number of hydrogen-bond donors (Lipinski definition) is 3. The molecule has 0 unspecified atom stereocenters. The van der Waals surface area contributed by atoms with Gasteiger partial charge in [-0.2, -0.15) is 5.10 Å². The molecule has 0 saturated heterocycles. The van der Waals surface area contributed by atoms with Gasteiger partial charge in [0.25, 0.3) is 5.91 Å². The number of aryl methyl sites for hydroxylation is 1. The van der Waals surface area contributed by atoms with Crippen molar-refractivity contribution >= 4 is 35.3 Å². The number of unbranched alkanes of at least 4 members (excludes halogenated alkanes) is 1. The summed E-state index contributed by atoms with van der Waals surface area (Å²) in [5, 5.41) is 9.20. The van der Waals surface area contributed by atoms with Crippen molar-refractivity contribution in [1.29, 1.82) is 0 Å². The van der Waals surface area contributed by atoms with Crippen molar-refractivity contribution < 1.29 is 23.9 Å². The second-order valence-electron chi connectivity index (χ2n) is 8.50. The fraction of sp³-hybridized carbons (Fsp3) is 0.241. The van der Waals surface area contributed by atoms with Gasteiger partial charge in [0.2, 0.25) is 0 Å². The highest BCUT2D eigenvalue weighted by molar-refractivity contribution is 6.39. The molecule has 0 aliphatic carbocycles. The zero-order chi connectivity index (χ0) is 27.3. The molecule has 0 radical (unpaired) electrons. The second kappa shape index (κ2) is 14.2. The van der Waals surface area contributed by atoms with Gasteiger partial charge >= 0.3 is 11.8 Å². The van der Waals surface area contributed by atoms with E-state index in [2.05, 4.69) is 28.1 Å². The molecule has 0 atom stereocenters. The van der Waals surface area contributed by atoms with Crippen molar-refractivity contribution in [3.63, 3.8) is 0 Å². The summed E-state index contributed by atoms with van der Waals surface area (Å²) in [5.74, 6) is -1.03. The lowest BCUT2D eigenvalue weighted by Gasteiger charge is -2.12. The summed E-state index contributed by atoms with van der Waals surface area (Å²) < 4.78 is 11.2. The average molecular weight is 517 g/mol. The molecule has 0 spiro atoms. The Balaban J connectivity index is 1.49. The Bertz CT molecular complexity index is 1290. The molecule has 0 bridgehead atoms. The average Bonchev–Trinajstić information content (AvgIpc) is 2.91. The van der Waals surface area contributed by atoms with E-state index in [0.717, 1.165) is 29.7 Å². The molecule has 3 rings (SSSR count). The lowest BCUT2D eigenvalue weighted by molar-refractivity contribution is -0.136. The number of nitrogens with zero attached hydrogens (tertiary/aromatic N) is 1. The number of amides is 3. The van der Waals surface area contributed by atoms with Crippen LogP contribution in [-0.4, -0.2) is 37.1 Å². The van der Waals surface area contributed by atoms with E-state index in [0.29, 0.717) is 29.4 Å². The van der Waals surface area contributed by atoms with Gasteiger partial charge < -0.3 is 20.1 Å². The van der Waals surface area contributed by atoms with E-state index in [1.54, 1.807) is 48.5 Å². The van der Waals surface area contributed by atoms with Crippen LogP contribution in [0.4, 0.5) is 11.4 Å². The number of hydrogen-bond acceptors (Lipinski definition) is 6. The lowest BCUT2D eigenvalue weighted by Crippen LogP contribution is -2.32. The molecule has 3 N–H and O–H groups in total. The highest BCUT2D eigenvalue weighted by atomic mass is 16.5.